The van der Waals surface area contributed by atoms with Gasteiger partial charge in [-0.25, -0.2) is 0 Å². The Morgan fingerprint density at radius 2 is 0.440 bits per heavy atom. The fourth-order valence-corrected chi connectivity index (χ4v) is 11.5. The average molecular weight is 853 g/mol. The van der Waals surface area contributed by atoms with Gasteiger partial charge in [0.15, 0.2) is 0 Å². The van der Waals surface area contributed by atoms with Crippen LogP contribution in [0.5, 0.6) is 0 Å². The maximum atomic E-state index is 2.64. The van der Waals surface area contributed by atoms with Gasteiger partial charge in [0.05, 0.1) is 0 Å². The van der Waals surface area contributed by atoms with Gasteiger partial charge in [-0.05, 0) is 175 Å². The summed E-state index contributed by atoms with van der Waals surface area (Å²) in [6.07, 6.45) is 0. The summed E-state index contributed by atoms with van der Waals surface area (Å²) < 4.78 is 2.63. The number of benzene rings is 13. The van der Waals surface area contributed by atoms with Crippen LogP contribution in [0.3, 0.4) is 0 Å². The van der Waals surface area contributed by atoms with Crippen LogP contribution in [0.1, 0.15) is 0 Å². The van der Waals surface area contributed by atoms with Crippen molar-refractivity contribution in [2.24, 2.45) is 0 Å². The lowest BCUT2D eigenvalue weighted by Gasteiger charge is -2.28. The van der Waals surface area contributed by atoms with Crippen molar-refractivity contribution < 1.29 is 0 Å². The highest BCUT2D eigenvalue weighted by Crippen LogP contribution is 2.59. The molecule has 2 heteroatoms. The van der Waals surface area contributed by atoms with E-state index in [0.717, 1.165) is 0 Å². The number of hydrogen-bond acceptors (Lipinski definition) is 0. The molecule has 0 N–H and O–H groups in total. The van der Waals surface area contributed by atoms with E-state index in [4.69, 9.17) is 0 Å². The van der Waals surface area contributed by atoms with Crippen LogP contribution < -0.4 is 0 Å². The molecule has 0 aromatic heterocycles. The van der Waals surface area contributed by atoms with E-state index in [0.29, 0.717) is 0 Å². The second-order valence-corrected chi connectivity index (χ2v) is 16.3. The monoisotopic (exact) mass is 852 g/mol. The van der Waals surface area contributed by atoms with Crippen LogP contribution in [-0.2, 0) is 0 Å². The molecule has 0 fully saturated rings. The van der Waals surface area contributed by atoms with E-state index in [1.54, 1.807) is 0 Å². The summed E-state index contributed by atoms with van der Waals surface area (Å²) in [7, 11) is 0. The Morgan fingerprint density at radius 3 is 0.740 bits per heavy atom. The third-order valence-electron chi connectivity index (χ3n) is 11.9. The third-order valence-corrected chi connectivity index (χ3v) is 15.0. The predicted molar refractivity (Wildman–Crippen MR) is 236 cm³/mol. The molecule has 0 amide bonds. The highest BCUT2D eigenvalue weighted by Gasteiger charge is 2.30. The highest BCUT2D eigenvalue weighted by molar-refractivity contribution is 14.1. The summed E-state index contributed by atoms with van der Waals surface area (Å²) in [4.78, 5) is 0. The summed E-state index contributed by atoms with van der Waals surface area (Å²) in [5, 5.41) is 32.9. The Labute approximate surface area is 312 Å². The minimum absolute atomic E-state index is 1.30. The molecule has 50 heavy (non-hydrogen) atoms. The van der Waals surface area contributed by atoms with Crippen molar-refractivity contribution in [1.82, 2.24) is 0 Å². The smallest absolute Gasteiger partial charge is 0.0349 e. The summed E-state index contributed by atoms with van der Waals surface area (Å²) in [5.74, 6) is 0. The molecule has 228 valence electrons. The standard InChI is InChI=1S/C48H22I2/c49-34-22-21-33-39-30-18-8-7-17-29(30)37-26-14-4-2-12-24(26)35-23-11-1-3-13-25(23)36-27-15-5-6-16-28(27)38-31-19-9-10-20-32(31)40(41(33)48(34)50)47-45(38)43(36)42(35)44(37)46(39)47/h1-22H. The second kappa shape index (κ2) is 9.11. The van der Waals surface area contributed by atoms with Crippen LogP contribution in [0.2, 0.25) is 0 Å². The Hall–Kier alpha value is -4.78. The molecule has 0 aliphatic rings. The molecule has 0 unspecified atom stereocenters. The molecule has 0 aliphatic carbocycles. The number of rotatable bonds is 0. The molecule has 0 saturated heterocycles. The van der Waals surface area contributed by atoms with Gasteiger partial charge in [0.1, 0.15) is 0 Å². The minimum Gasteiger partial charge on any atom is -0.0616 e. The average Bonchev–Trinajstić information content (AvgIpc) is 3.17. The Balaban J connectivity index is 1.62. The normalized spacial score (nSPS) is 13.0. The van der Waals surface area contributed by atoms with Crippen molar-refractivity contribution in [3.8, 4) is 0 Å². The SMILES string of the molecule is Ic1ccc2c(c1I)c1c3ccccc3c3c4ccccc4c4c5ccccc5c5c6ccccc6c6c7ccccc7c2c2c6c5c4c3c12. The van der Waals surface area contributed by atoms with Crippen molar-refractivity contribution in [1.29, 1.82) is 0 Å². The minimum atomic E-state index is 1.30. The summed E-state index contributed by atoms with van der Waals surface area (Å²) >= 11 is 5.18. The first kappa shape index (κ1) is 27.0. The molecule has 13 rings (SSSR count). The zero-order chi connectivity index (χ0) is 32.6. The fraction of sp³-hybridized carbons (Fsp3) is 0. The maximum Gasteiger partial charge on any atom is 0.0349 e. The van der Waals surface area contributed by atoms with Crippen molar-refractivity contribution in [3.63, 3.8) is 0 Å². The molecule has 13 aromatic rings. The van der Waals surface area contributed by atoms with Gasteiger partial charge in [0.25, 0.3) is 0 Å². The van der Waals surface area contributed by atoms with Crippen molar-refractivity contribution in [3.05, 3.63) is 141 Å². The zero-order valence-electron chi connectivity index (χ0n) is 26.5. The van der Waals surface area contributed by atoms with E-state index >= 15 is 0 Å². The molecule has 0 saturated carbocycles. The van der Waals surface area contributed by atoms with E-state index in [1.807, 2.05) is 0 Å². The van der Waals surface area contributed by atoms with E-state index < -0.39 is 0 Å². The van der Waals surface area contributed by atoms with E-state index in [1.165, 1.54) is 136 Å². The molecule has 0 heterocycles. The van der Waals surface area contributed by atoms with Gasteiger partial charge in [-0.1, -0.05) is 127 Å². The Kier molecular flexibility index (Phi) is 4.92. The van der Waals surface area contributed by atoms with Crippen molar-refractivity contribution in [2.45, 2.75) is 0 Å². The van der Waals surface area contributed by atoms with Crippen LogP contribution in [0.15, 0.2) is 133 Å². The van der Waals surface area contributed by atoms with Gasteiger partial charge in [0, 0.05) is 12.5 Å². The topological polar surface area (TPSA) is 0 Å². The highest BCUT2D eigenvalue weighted by atomic mass is 127. The first-order chi connectivity index (χ1) is 24.7. The second-order valence-electron chi connectivity index (χ2n) is 14.0. The molecule has 0 bridgehead atoms. The summed E-state index contributed by atoms with van der Waals surface area (Å²) in [6.45, 7) is 0. The van der Waals surface area contributed by atoms with Crippen LogP contribution in [0.4, 0.5) is 0 Å². The Bertz CT molecular complexity index is 3550. The lowest BCUT2D eigenvalue weighted by Crippen LogP contribution is -1.99. The van der Waals surface area contributed by atoms with Crippen molar-refractivity contribution in [2.75, 3.05) is 0 Å². The number of hydrogen-bond donors (Lipinski definition) is 0. The molecular weight excluding hydrogens is 830 g/mol. The van der Waals surface area contributed by atoms with Gasteiger partial charge in [-0.15, -0.1) is 0 Å². The first-order valence-electron chi connectivity index (χ1n) is 17.2. The molecule has 0 nitrogen and oxygen atoms in total. The number of fused-ring (bicyclic) bond motifs is 18. The van der Waals surface area contributed by atoms with Gasteiger partial charge in [-0.2, -0.15) is 0 Å². The third kappa shape index (κ3) is 2.89. The van der Waals surface area contributed by atoms with Gasteiger partial charge < -0.3 is 0 Å². The van der Waals surface area contributed by atoms with E-state index in [9.17, 15) is 0 Å². The number of halogens is 2. The quantitative estimate of drug-likeness (QED) is 0.0810. The summed E-state index contributed by atoms with van der Waals surface area (Å²) in [6, 6.07) is 50.8. The maximum absolute atomic E-state index is 2.64. The first-order valence-corrected chi connectivity index (χ1v) is 19.3. The fourth-order valence-electron chi connectivity index (χ4n) is 10.3. The molecule has 0 radical (unpaired) electrons. The van der Waals surface area contributed by atoms with Gasteiger partial charge in [0.2, 0.25) is 0 Å². The van der Waals surface area contributed by atoms with Crippen LogP contribution >= 0.6 is 45.2 Å². The lowest BCUT2D eigenvalue weighted by molar-refractivity contribution is 1.69. The Morgan fingerprint density at radius 1 is 0.200 bits per heavy atom. The largest absolute Gasteiger partial charge is 0.0616 e. The lowest BCUT2D eigenvalue weighted by atomic mass is 9.74. The summed E-state index contributed by atoms with van der Waals surface area (Å²) in [5.41, 5.74) is 0. The van der Waals surface area contributed by atoms with Gasteiger partial charge >= 0.3 is 0 Å². The molecular formula is C48H22I2. The van der Waals surface area contributed by atoms with Gasteiger partial charge in [-0.3, -0.25) is 0 Å². The van der Waals surface area contributed by atoms with Crippen molar-refractivity contribution >= 4 is 174 Å². The van der Waals surface area contributed by atoms with E-state index in [2.05, 4.69) is 179 Å². The predicted octanol–water partition coefficient (Wildman–Crippen LogP) is 15.0. The molecule has 13 aromatic carbocycles. The molecule has 0 aliphatic heterocycles. The van der Waals surface area contributed by atoms with E-state index in [-0.39, 0.29) is 0 Å². The zero-order valence-corrected chi connectivity index (χ0v) is 30.8. The molecule has 0 spiro atoms. The van der Waals surface area contributed by atoms with Crippen LogP contribution in [0, 0.1) is 7.14 Å². The van der Waals surface area contributed by atoms with Crippen LogP contribution in [-0.4, -0.2) is 0 Å². The molecule has 0 atom stereocenters. The van der Waals surface area contributed by atoms with Crippen LogP contribution in [0.25, 0.3) is 129 Å².